The zero-order valence-electron chi connectivity index (χ0n) is 11.1. The van der Waals surface area contributed by atoms with Gasteiger partial charge in [-0.05, 0) is 42.9 Å². The lowest BCUT2D eigenvalue weighted by atomic mass is 10.0. The van der Waals surface area contributed by atoms with Crippen molar-refractivity contribution in [3.63, 3.8) is 0 Å². The summed E-state index contributed by atoms with van der Waals surface area (Å²) in [5.74, 6) is 1.59. The highest BCUT2D eigenvalue weighted by atomic mass is 35.5. The number of hydrogen-bond acceptors (Lipinski definition) is 3. The fourth-order valence-corrected chi connectivity index (χ4v) is 2.63. The minimum absolute atomic E-state index is 0.0316. The molecule has 2 unspecified atom stereocenters. The van der Waals surface area contributed by atoms with Gasteiger partial charge in [-0.15, -0.1) is 0 Å². The highest BCUT2D eigenvalue weighted by Gasteiger charge is 2.42. The van der Waals surface area contributed by atoms with Crippen molar-refractivity contribution in [1.82, 2.24) is 15.0 Å². The zero-order valence-corrected chi connectivity index (χ0v) is 11.9. The number of nitrogens with one attached hydrogen (secondary N) is 2. The number of allylic oxidation sites excluding steroid dienone is 2. The second-order valence-corrected chi connectivity index (χ2v) is 5.47. The second kappa shape index (κ2) is 5.21. The molecule has 1 fully saturated rings. The van der Waals surface area contributed by atoms with E-state index in [-0.39, 0.29) is 5.17 Å². The van der Waals surface area contributed by atoms with Gasteiger partial charge in [0.25, 0.3) is 0 Å². The average molecular weight is 287 g/mol. The fourth-order valence-electron chi connectivity index (χ4n) is 2.52. The molecule has 0 aliphatic heterocycles. The van der Waals surface area contributed by atoms with Crippen molar-refractivity contribution in [2.45, 2.75) is 19.3 Å². The van der Waals surface area contributed by atoms with E-state index in [1.54, 1.807) is 18.5 Å². The van der Waals surface area contributed by atoms with Crippen LogP contribution in [0.15, 0.2) is 36.8 Å². The normalized spacial score (nSPS) is 21.8. The molecule has 0 radical (unpaired) electrons. The largest absolute Gasteiger partial charge is 0.345 e. The molecule has 5 heteroatoms. The number of H-pyrrole nitrogens is 1. The SMILES string of the molecule is Cc1ccc(C2CC2/C(=C/C(=N)Cl)c2ncc[nH]2)cn1. The van der Waals surface area contributed by atoms with Crippen LogP contribution in [0.5, 0.6) is 0 Å². The van der Waals surface area contributed by atoms with Gasteiger partial charge in [-0.2, -0.15) is 0 Å². The number of halogens is 1. The molecule has 0 bridgehead atoms. The molecule has 2 N–H and O–H groups in total. The van der Waals surface area contributed by atoms with Crippen LogP contribution in [0.25, 0.3) is 5.57 Å². The van der Waals surface area contributed by atoms with Crippen molar-refractivity contribution >= 4 is 22.3 Å². The highest BCUT2D eigenvalue weighted by Crippen LogP contribution is 2.54. The van der Waals surface area contributed by atoms with E-state index in [2.05, 4.69) is 21.0 Å². The molecule has 2 aromatic rings. The third-order valence-electron chi connectivity index (χ3n) is 3.61. The lowest BCUT2D eigenvalue weighted by Gasteiger charge is -2.04. The maximum absolute atomic E-state index is 7.48. The van der Waals surface area contributed by atoms with Gasteiger partial charge in [-0.1, -0.05) is 17.7 Å². The molecule has 20 heavy (non-hydrogen) atoms. The van der Waals surface area contributed by atoms with Gasteiger partial charge < -0.3 is 4.98 Å². The number of aromatic nitrogens is 3. The topological polar surface area (TPSA) is 65.4 Å². The summed E-state index contributed by atoms with van der Waals surface area (Å²) in [6.45, 7) is 1.98. The predicted molar refractivity (Wildman–Crippen MR) is 80.0 cm³/mol. The Labute approximate surface area is 122 Å². The van der Waals surface area contributed by atoms with Crippen LogP contribution < -0.4 is 0 Å². The van der Waals surface area contributed by atoms with Crippen molar-refractivity contribution in [1.29, 1.82) is 5.41 Å². The summed E-state index contributed by atoms with van der Waals surface area (Å²) in [5, 5.41) is 7.51. The molecule has 0 aromatic carbocycles. The summed E-state index contributed by atoms with van der Waals surface area (Å²) in [6.07, 6.45) is 8.16. The molecular weight excluding hydrogens is 272 g/mol. The molecular formula is C15H15ClN4. The number of aromatic amines is 1. The first-order valence-electron chi connectivity index (χ1n) is 6.53. The van der Waals surface area contributed by atoms with Gasteiger partial charge in [-0.25, -0.2) is 4.98 Å². The van der Waals surface area contributed by atoms with Gasteiger partial charge in [0.1, 0.15) is 11.0 Å². The van der Waals surface area contributed by atoms with Crippen LogP contribution in [-0.4, -0.2) is 20.1 Å². The molecule has 0 saturated heterocycles. The number of imidazole rings is 1. The Kier molecular flexibility index (Phi) is 3.40. The van der Waals surface area contributed by atoms with Crippen LogP contribution in [0.2, 0.25) is 0 Å². The lowest BCUT2D eigenvalue weighted by Crippen LogP contribution is -1.95. The third kappa shape index (κ3) is 2.65. The number of rotatable bonds is 4. The Morgan fingerprint density at radius 3 is 2.90 bits per heavy atom. The number of nitrogens with zero attached hydrogens (tertiary/aromatic N) is 2. The molecule has 0 amide bonds. The van der Waals surface area contributed by atoms with Crippen molar-refractivity contribution in [3.8, 4) is 0 Å². The van der Waals surface area contributed by atoms with E-state index in [1.807, 2.05) is 19.2 Å². The highest BCUT2D eigenvalue weighted by molar-refractivity contribution is 6.68. The number of pyridine rings is 1. The molecule has 2 aromatic heterocycles. The molecule has 0 spiro atoms. The Morgan fingerprint density at radius 1 is 1.45 bits per heavy atom. The molecule has 1 aliphatic carbocycles. The van der Waals surface area contributed by atoms with Gasteiger partial charge in [0.15, 0.2) is 0 Å². The number of aryl methyl sites for hydroxylation is 1. The third-order valence-corrected chi connectivity index (χ3v) is 3.72. The maximum atomic E-state index is 7.48. The molecule has 2 heterocycles. The Morgan fingerprint density at radius 2 is 2.30 bits per heavy atom. The van der Waals surface area contributed by atoms with Crippen molar-refractivity contribution < 1.29 is 0 Å². The summed E-state index contributed by atoms with van der Waals surface area (Å²) < 4.78 is 0. The van der Waals surface area contributed by atoms with Crippen LogP contribution in [0.1, 0.15) is 29.4 Å². The van der Waals surface area contributed by atoms with E-state index in [0.29, 0.717) is 11.8 Å². The van der Waals surface area contributed by atoms with Crippen molar-refractivity contribution in [2.24, 2.45) is 5.92 Å². The summed E-state index contributed by atoms with van der Waals surface area (Å²) in [6, 6.07) is 4.16. The summed E-state index contributed by atoms with van der Waals surface area (Å²) in [5.41, 5.74) is 3.26. The van der Waals surface area contributed by atoms with Crippen LogP contribution in [0.4, 0.5) is 0 Å². The molecule has 1 aliphatic rings. The van der Waals surface area contributed by atoms with Crippen molar-refractivity contribution in [3.05, 3.63) is 53.9 Å². The van der Waals surface area contributed by atoms with Crippen LogP contribution >= 0.6 is 11.6 Å². The fraction of sp³-hybridized carbons (Fsp3) is 0.267. The maximum Gasteiger partial charge on any atom is 0.133 e. The van der Waals surface area contributed by atoms with Gasteiger partial charge in [-0.3, -0.25) is 10.4 Å². The van der Waals surface area contributed by atoms with Gasteiger partial charge >= 0.3 is 0 Å². The van der Waals surface area contributed by atoms with E-state index in [4.69, 9.17) is 17.0 Å². The Bertz CT molecular complexity index is 643. The van der Waals surface area contributed by atoms with Gasteiger partial charge in [0.2, 0.25) is 0 Å². The van der Waals surface area contributed by atoms with Crippen LogP contribution in [-0.2, 0) is 0 Å². The lowest BCUT2D eigenvalue weighted by molar-refractivity contribution is 0.988. The monoisotopic (exact) mass is 286 g/mol. The van der Waals surface area contributed by atoms with E-state index in [9.17, 15) is 0 Å². The van der Waals surface area contributed by atoms with E-state index < -0.39 is 0 Å². The van der Waals surface area contributed by atoms with Crippen LogP contribution in [0, 0.1) is 18.3 Å². The Hall–Kier alpha value is -1.94. The molecule has 4 nitrogen and oxygen atoms in total. The molecule has 102 valence electrons. The first kappa shape index (κ1) is 13.1. The average Bonchev–Trinajstić information content (AvgIpc) is 3.01. The molecule has 3 rings (SSSR count). The summed E-state index contributed by atoms with van der Waals surface area (Å²) >= 11 is 5.73. The first-order valence-corrected chi connectivity index (χ1v) is 6.91. The van der Waals surface area contributed by atoms with Crippen molar-refractivity contribution in [2.75, 3.05) is 0 Å². The van der Waals surface area contributed by atoms with Gasteiger partial charge in [0, 0.05) is 29.9 Å². The summed E-state index contributed by atoms with van der Waals surface area (Å²) in [7, 11) is 0. The minimum Gasteiger partial charge on any atom is -0.345 e. The van der Waals surface area contributed by atoms with Crippen LogP contribution in [0.3, 0.4) is 0 Å². The summed E-state index contributed by atoms with van der Waals surface area (Å²) in [4.78, 5) is 11.7. The standard InChI is InChI=1S/C15H15ClN4/c1-9-2-3-10(8-20-9)11-6-12(11)13(7-14(16)17)15-18-4-5-19-15/h2-5,7-8,11-12,17H,6H2,1H3,(H,18,19)/b13-7-,17-14?. The second-order valence-electron chi connectivity index (χ2n) is 5.07. The van der Waals surface area contributed by atoms with Gasteiger partial charge in [0.05, 0.1) is 0 Å². The van der Waals surface area contributed by atoms with E-state index in [0.717, 1.165) is 23.5 Å². The molecule has 1 saturated carbocycles. The quantitative estimate of drug-likeness (QED) is 0.845. The number of hydrogen-bond donors (Lipinski definition) is 2. The first-order chi connectivity index (χ1) is 9.65. The smallest absolute Gasteiger partial charge is 0.133 e. The molecule has 2 atom stereocenters. The predicted octanol–water partition coefficient (Wildman–Crippen LogP) is 3.52. The van der Waals surface area contributed by atoms with E-state index in [1.165, 1.54) is 5.56 Å². The minimum atomic E-state index is 0.0316. The van der Waals surface area contributed by atoms with E-state index >= 15 is 0 Å². The Balaban J connectivity index is 1.85. The zero-order chi connectivity index (χ0) is 14.1.